The van der Waals surface area contributed by atoms with Crippen LogP contribution in [0.4, 0.5) is 0 Å². The van der Waals surface area contributed by atoms with Gasteiger partial charge >= 0.3 is 0 Å². The van der Waals surface area contributed by atoms with Crippen molar-refractivity contribution in [2.24, 2.45) is 5.92 Å². The van der Waals surface area contributed by atoms with E-state index in [2.05, 4.69) is 97.7 Å². The van der Waals surface area contributed by atoms with Gasteiger partial charge in [-0.1, -0.05) is 84.5 Å². The monoisotopic (exact) mass is 402 g/mol. The second-order valence-corrected chi connectivity index (χ2v) is 15.5. The Labute approximate surface area is 168 Å². The quantitative estimate of drug-likeness (QED) is 0.694. The molecule has 0 amide bonds. The summed E-state index contributed by atoms with van der Waals surface area (Å²) in [6, 6.07) is 22.5. The average molecular weight is 403 g/mol. The van der Waals surface area contributed by atoms with Crippen LogP contribution in [0.15, 0.2) is 60.7 Å². The summed E-state index contributed by atoms with van der Waals surface area (Å²) in [7, 11) is -1.99. The molecule has 4 heteroatoms. The van der Waals surface area contributed by atoms with Crippen molar-refractivity contribution in [1.29, 1.82) is 0 Å². The third-order valence-electron chi connectivity index (χ3n) is 5.70. The summed E-state index contributed by atoms with van der Waals surface area (Å²) in [5, 5.41) is 12.6. The van der Waals surface area contributed by atoms with Crippen LogP contribution in [0, 0.1) is 5.92 Å². The molecule has 1 unspecified atom stereocenters. The van der Waals surface area contributed by atoms with E-state index in [1.807, 2.05) is 0 Å². The van der Waals surface area contributed by atoms with Gasteiger partial charge in [-0.05, 0) is 36.7 Å². The Bertz CT molecular complexity index is 632. The van der Waals surface area contributed by atoms with Gasteiger partial charge in [-0.25, -0.2) is 0 Å². The van der Waals surface area contributed by atoms with Crippen molar-refractivity contribution >= 4 is 42.0 Å². The van der Waals surface area contributed by atoms with Crippen LogP contribution in [0.3, 0.4) is 0 Å². The summed E-state index contributed by atoms with van der Waals surface area (Å²) >= 11 is 4.41. The molecule has 2 aromatic carbocycles. The summed E-state index contributed by atoms with van der Waals surface area (Å²) in [6.07, 6.45) is 3.58. The fourth-order valence-corrected chi connectivity index (χ4v) is 14.6. The van der Waals surface area contributed by atoms with E-state index in [1.165, 1.54) is 34.7 Å². The van der Waals surface area contributed by atoms with Gasteiger partial charge in [0.2, 0.25) is 0 Å². The van der Waals surface area contributed by atoms with E-state index >= 15 is 0 Å². The number of benzene rings is 2. The first-order chi connectivity index (χ1) is 12.6. The molecule has 0 radical (unpaired) electrons. The van der Waals surface area contributed by atoms with Crippen LogP contribution in [0.1, 0.15) is 26.2 Å². The number of aliphatic hydroxyl groups excluding tert-OH is 1. The zero-order valence-corrected chi connectivity index (χ0v) is 18.5. The van der Waals surface area contributed by atoms with Crippen LogP contribution in [-0.2, 0) is 0 Å². The SMILES string of the molecule is CC(CO)CCC1([Si](C)(c2ccccc2)c2ccccc2)SCCCS1. The van der Waals surface area contributed by atoms with Crippen molar-refractivity contribution in [2.45, 2.75) is 36.4 Å². The lowest BCUT2D eigenvalue weighted by Crippen LogP contribution is -2.69. The van der Waals surface area contributed by atoms with E-state index in [-0.39, 0.29) is 3.70 Å². The van der Waals surface area contributed by atoms with Crippen LogP contribution in [0.25, 0.3) is 0 Å². The van der Waals surface area contributed by atoms with E-state index < -0.39 is 8.07 Å². The predicted molar refractivity (Wildman–Crippen MR) is 122 cm³/mol. The molecule has 26 heavy (non-hydrogen) atoms. The van der Waals surface area contributed by atoms with E-state index in [0.717, 1.165) is 6.42 Å². The Kier molecular flexibility index (Phi) is 6.95. The average Bonchev–Trinajstić information content (AvgIpc) is 2.73. The molecule has 1 aliphatic rings. The van der Waals surface area contributed by atoms with Gasteiger partial charge in [-0.15, -0.1) is 23.5 Å². The molecular weight excluding hydrogens is 372 g/mol. The van der Waals surface area contributed by atoms with Crippen molar-refractivity contribution in [1.82, 2.24) is 0 Å². The molecule has 0 aliphatic carbocycles. The maximum Gasteiger partial charge on any atom is 0.142 e. The van der Waals surface area contributed by atoms with Crippen LogP contribution >= 0.6 is 23.5 Å². The van der Waals surface area contributed by atoms with Crippen LogP contribution < -0.4 is 10.4 Å². The number of aliphatic hydroxyl groups is 1. The van der Waals surface area contributed by atoms with Crippen LogP contribution in [-0.4, -0.2) is 35.0 Å². The highest BCUT2D eigenvalue weighted by atomic mass is 32.2. The highest BCUT2D eigenvalue weighted by Gasteiger charge is 2.53. The molecule has 3 rings (SSSR count). The molecule has 0 saturated carbocycles. The van der Waals surface area contributed by atoms with Crippen LogP contribution in [0.5, 0.6) is 0 Å². The largest absolute Gasteiger partial charge is 0.396 e. The fourth-order valence-electron chi connectivity index (χ4n) is 3.93. The highest BCUT2D eigenvalue weighted by Crippen LogP contribution is 2.51. The molecule has 140 valence electrons. The molecule has 1 fully saturated rings. The van der Waals surface area contributed by atoms with Crippen molar-refractivity contribution in [2.75, 3.05) is 18.1 Å². The lowest BCUT2D eigenvalue weighted by atomic mass is 10.1. The van der Waals surface area contributed by atoms with Crippen molar-refractivity contribution in [3.05, 3.63) is 60.7 Å². The lowest BCUT2D eigenvalue weighted by molar-refractivity contribution is 0.228. The molecule has 1 N–H and O–H groups in total. The lowest BCUT2D eigenvalue weighted by Gasteiger charge is -2.49. The van der Waals surface area contributed by atoms with E-state index in [0.29, 0.717) is 12.5 Å². The van der Waals surface area contributed by atoms with Gasteiger partial charge < -0.3 is 5.11 Å². The van der Waals surface area contributed by atoms with Gasteiger partial charge in [0.05, 0.1) is 3.70 Å². The van der Waals surface area contributed by atoms with Gasteiger partial charge in [-0.2, -0.15) is 0 Å². The Morgan fingerprint density at radius 3 is 1.92 bits per heavy atom. The minimum Gasteiger partial charge on any atom is -0.396 e. The molecule has 1 nitrogen and oxygen atoms in total. The zero-order valence-electron chi connectivity index (χ0n) is 15.9. The molecule has 1 heterocycles. The van der Waals surface area contributed by atoms with E-state index in [1.54, 1.807) is 0 Å². The Balaban J connectivity index is 2.10. The van der Waals surface area contributed by atoms with Crippen LogP contribution in [0.2, 0.25) is 6.55 Å². The second kappa shape index (κ2) is 9.00. The zero-order chi connectivity index (χ0) is 18.5. The molecule has 1 saturated heterocycles. The van der Waals surface area contributed by atoms with Gasteiger partial charge in [-0.3, -0.25) is 0 Å². The molecule has 2 aromatic rings. The summed E-state index contributed by atoms with van der Waals surface area (Å²) in [5.74, 6) is 2.88. The predicted octanol–water partition coefficient (Wildman–Crippen LogP) is 4.39. The summed E-state index contributed by atoms with van der Waals surface area (Å²) in [6.45, 7) is 5.04. The van der Waals surface area contributed by atoms with Gasteiger partial charge in [0, 0.05) is 6.61 Å². The molecule has 0 aromatic heterocycles. The Morgan fingerprint density at radius 1 is 0.962 bits per heavy atom. The van der Waals surface area contributed by atoms with Gasteiger partial charge in [0.15, 0.2) is 0 Å². The standard InChI is InChI=1S/C22H30OS2Si/c1-19(18-23)14-15-22(24-16-9-17-25-22)26(2,20-10-5-3-6-11-20)21-12-7-4-8-13-21/h3-8,10-13,19,23H,9,14-18H2,1-2H3. The minimum atomic E-state index is -1.99. The normalized spacial score (nSPS) is 18.4. The maximum atomic E-state index is 9.58. The summed E-state index contributed by atoms with van der Waals surface area (Å²) < 4.78 is 0.234. The van der Waals surface area contributed by atoms with Crippen molar-refractivity contribution in [3.63, 3.8) is 0 Å². The number of thioether (sulfide) groups is 2. The van der Waals surface area contributed by atoms with Crippen molar-refractivity contribution < 1.29 is 5.11 Å². The molecule has 0 bridgehead atoms. The second-order valence-electron chi connectivity index (χ2n) is 7.49. The first kappa shape index (κ1) is 20.1. The first-order valence-corrected chi connectivity index (χ1v) is 14.1. The number of hydrogen-bond donors (Lipinski definition) is 1. The third kappa shape index (κ3) is 3.94. The molecule has 1 atom stereocenters. The van der Waals surface area contributed by atoms with Gasteiger partial charge in [0.1, 0.15) is 8.07 Å². The molecule has 0 spiro atoms. The third-order valence-corrected chi connectivity index (χ3v) is 16.8. The smallest absolute Gasteiger partial charge is 0.142 e. The maximum absolute atomic E-state index is 9.58. The van der Waals surface area contributed by atoms with E-state index in [4.69, 9.17) is 0 Å². The minimum absolute atomic E-state index is 0.234. The topological polar surface area (TPSA) is 20.2 Å². The highest BCUT2D eigenvalue weighted by molar-refractivity contribution is 8.21. The summed E-state index contributed by atoms with van der Waals surface area (Å²) in [5.41, 5.74) is 0. The number of rotatable bonds is 7. The first-order valence-electron chi connectivity index (χ1n) is 9.62. The fraction of sp³-hybridized carbons (Fsp3) is 0.455. The summed E-state index contributed by atoms with van der Waals surface area (Å²) in [4.78, 5) is 0. The Morgan fingerprint density at radius 2 is 1.46 bits per heavy atom. The molecular formula is C22H30OS2Si. The van der Waals surface area contributed by atoms with E-state index in [9.17, 15) is 5.11 Å². The van der Waals surface area contributed by atoms with Gasteiger partial charge in [0.25, 0.3) is 0 Å². The Hall–Kier alpha value is -0.683. The van der Waals surface area contributed by atoms with Crippen molar-refractivity contribution in [3.8, 4) is 0 Å². The number of hydrogen-bond acceptors (Lipinski definition) is 3. The molecule has 1 aliphatic heterocycles.